The van der Waals surface area contributed by atoms with Gasteiger partial charge in [0.25, 0.3) is 0 Å². The summed E-state index contributed by atoms with van der Waals surface area (Å²) < 4.78 is 15.2. The summed E-state index contributed by atoms with van der Waals surface area (Å²) in [6.45, 7) is 5.95. The molecule has 16 heavy (non-hydrogen) atoms. The van der Waals surface area contributed by atoms with Gasteiger partial charge >= 0.3 is 0 Å². The molecule has 0 bridgehead atoms. The summed E-state index contributed by atoms with van der Waals surface area (Å²) in [7, 11) is 0. The van der Waals surface area contributed by atoms with Gasteiger partial charge in [-0.3, -0.25) is 0 Å². The van der Waals surface area contributed by atoms with Gasteiger partial charge in [0.15, 0.2) is 0 Å². The molecule has 0 saturated carbocycles. The van der Waals surface area contributed by atoms with E-state index in [1.54, 1.807) is 6.07 Å². The second kappa shape index (κ2) is 4.06. The Morgan fingerprint density at radius 1 is 1.31 bits per heavy atom. The number of alkyl halides is 1. The summed E-state index contributed by atoms with van der Waals surface area (Å²) in [5, 5.41) is -0.183. The molecule has 1 aromatic carbocycles. The number of benzene rings is 1. The molecule has 4 heteroatoms. The molecule has 2 nitrogen and oxygen atoms in total. The van der Waals surface area contributed by atoms with E-state index in [0.717, 1.165) is 16.9 Å². The Labute approximate surface area is 99.0 Å². The molecule has 1 atom stereocenters. The number of imidazole rings is 1. The van der Waals surface area contributed by atoms with Crippen LogP contribution >= 0.6 is 11.6 Å². The lowest BCUT2D eigenvalue weighted by Crippen LogP contribution is -2.06. The molecule has 0 aliphatic rings. The highest BCUT2D eigenvalue weighted by atomic mass is 35.5. The fourth-order valence-corrected chi connectivity index (χ4v) is 2.06. The van der Waals surface area contributed by atoms with E-state index in [1.165, 1.54) is 12.1 Å². The molecule has 0 fully saturated rings. The predicted octanol–water partition coefficient (Wildman–Crippen LogP) is 4.06. The summed E-state index contributed by atoms with van der Waals surface area (Å²) >= 11 is 6.09. The summed E-state index contributed by atoms with van der Waals surface area (Å²) in [6.07, 6.45) is 0. The Kier molecular flexibility index (Phi) is 2.89. The minimum absolute atomic E-state index is 0.183. The maximum absolute atomic E-state index is 13.2. The molecule has 2 rings (SSSR count). The van der Waals surface area contributed by atoms with Gasteiger partial charge in [-0.2, -0.15) is 0 Å². The van der Waals surface area contributed by atoms with Crippen molar-refractivity contribution < 1.29 is 4.39 Å². The van der Waals surface area contributed by atoms with Crippen LogP contribution in [0.5, 0.6) is 0 Å². The number of hydrogen-bond acceptors (Lipinski definition) is 1. The summed E-state index contributed by atoms with van der Waals surface area (Å²) in [5.41, 5.74) is 1.59. The molecular weight excluding hydrogens is 227 g/mol. The lowest BCUT2D eigenvalue weighted by atomic mass is 10.3. The highest BCUT2D eigenvalue weighted by Gasteiger charge is 2.17. The second-order valence-corrected chi connectivity index (χ2v) is 4.84. The van der Waals surface area contributed by atoms with Crippen LogP contribution in [0.25, 0.3) is 11.0 Å². The largest absolute Gasteiger partial charge is 0.324 e. The number of hydrogen-bond donors (Lipinski definition) is 0. The van der Waals surface area contributed by atoms with Crippen LogP contribution in [-0.4, -0.2) is 9.55 Å². The van der Waals surface area contributed by atoms with Crippen molar-refractivity contribution in [3.63, 3.8) is 0 Å². The molecule has 0 saturated heterocycles. The van der Waals surface area contributed by atoms with Crippen molar-refractivity contribution in [1.29, 1.82) is 0 Å². The average Bonchev–Trinajstić information content (AvgIpc) is 2.55. The molecule has 0 spiro atoms. The first-order valence-corrected chi connectivity index (χ1v) is 5.76. The molecule has 86 valence electrons. The van der Waals surface area contributed by atoms with Gasteiger partial charge in [0, 0.05) is 6.04 Å². The van der Waals surface area contributed by atoms with E-state index in [9.17, 15) is 4.39 Å². The maximum atomic E-state index is 13.2. The first kappa shape index (κ1) is 11.4. The van der Waals surface area contributed by atoms with Crippen LogP contribution in [0.4, 0.5) is 4.39 Å². The Morgan fingerprint density at radius 2 is 2.00 bits per heavy atom. The van der Waals surface area contributed by atoms with Gasteiger partial charge in [-0.25, -0.2) is 9.37 Å². The van der Waals surface area contributed by atoms with Crippen molar-refractivity contribution in [2.45, 2.75) is 32.2 Å². The van der Waals surface area contributed by atoms with E-state index in [0.29, 0.717) is 0 Å². The first-order valence-electron chi connectivity index (χ1n) is 5.32. The van der Waals surface area contributed by atoms with Gasteiger partial charge in [0.1, 0.15) is 11.6 Å². The maximum Gasteiger partial charge on any atom is 0.127 e. The SMILES string of the molecule is CC(Cl)c1nc2ccc(F)cc2n1C(C)C. The van der Waals surface area contributed by atoms with Crippen molar-refractivity contribution in [2.75, 3.05) is 0 Å². The molecule has 0 N–H and O–H groups in total. The number of halogens is 2. The van der Waals surface area contributed by atoms with Gasteiger partial charge in [-0.1, -0.05) is 0 Å². The summed E-state index contributed by atoms with van der Waals surface area (Å²) in [6, 6.07) is 4.82. The quantitative estimate of drug-likeness (QED) is 0.724. The fraction of sp³-hybridized carbons (Fsp3) is 0.417. The zero-order valence-corrected chi connectivity index (χ0v) is 10.3. The Morgan fingerprint density at radius 3 is 2.56 bits per heavy atom. The number of nitrogens with zero attached hydrogens (tertiary/aromatic N) is 2. The lowest BCUT2D eigenvalue weighted by molar-refractivity contribution is 0.581. The normalized spacial score (nSPS) is 13.6. The topological polar surface area (TPSA) is 17.8 Å². The van der Waals surface area contributed by atoms with Crippen molar-refractivity contribution in [2.24, 2.45) is 0 Å². The number of aromatic nitrogens is 2. The van der Waals surface area contributed by atoms with E-state index in [4.69, 9.17) is 11.6 Å². The van der Waals surface area contributed by atoms with Crippen molar-refractivity contribution in [1.82, 2.24) is 9.55 Å². The highest BCUT2D eigenvalue weighted by Crippen LogP contribution is 2.28. The molecule has 1 aromatic heterocycles. The predicted molar refractivity (Wildman–Crippen MR) is 64.3 cm³/mol. The first-order chi connectivity index (χ1) is 7.50. The van der Waals surface area contributed by atoms with Gasteiger partial charge < -0.3 is 4.57 Å². The zero-order chi connectivity index (χ0) is 11.9. The van der Waals surface area contributed by atoms with Crippen LogP contribution < -0.4 is 0 Å². The third kappa shape index (κ3) is 1.80. The van der Waals surface area contributed by atoms with Crippen molar-refractivity contribution in [3.05, 3.63) is 29.8 Å². The van der Waals surface area contributed by atoms with Crippen molar-refractivity contribution in [3.8, 4) is 0 Å². The Bertz CT molecular complexity index is 517. The van der Waals surface area contributed by atoms with E-state index in [2.05, 4.69) is 4.98 Å². The number of rotatable bonds is 2. The molecule has 0 aliphatic carbocycles. The standard InChI is InChI=1S/C12H14ClFN2/c1-7(2)16-11-6-9(14)4-5-10(11)15-12(16)8(3)13/h4-8H,1-3H3. The molecule has 0 amide bonds. The minimum atomic E-state index is -0.247. The molecule has 0 aliphatic heterocycles. The molecule has 1 heterocycles. The molecule has 0 radical (unpaired) electrons. The van der Waals surface area contributed by atoms with E-state index in [1.807, 2.05) is 25.3 Å². The smallest absolute Gasteiger partial charge is 0.127 e. The van der Waals surface area contributed by atoms with Gasteiger partial charge in [0.2, 0.25) is 0 Å². The Balaban J connectivity index is 2.77. The summed E-state index contributed by atoms with van der Waals surface area (Å²) in [5.74, 6) is 0.542. The highest BCUT2D eigenvalue weighted by molar-refractivity contribution is 6.20. The third-order valence-corrected chi connectivity index (χ3v) is 2.75. The van der Waals surface area contributed by atoms with Gasteiger partial charge in [0.05, 0.1) is 16.4 Å². The van der Waals surface area contributed by atoms with Crippen molar-refractivity contribution >= 4 is 22.6 Å². The molecule has 2 aromatic rings. The van der Waals surface area contributed by atoms with Crippen LogP contribution in [0, 0.1) is 5.82 Å². The van der Waals surface area contributed by atoms with E-state index < -0.39 is 0 Å². The zero-order valence-electron chi connectivity index (χ0n) is 9.54. The fourth-order valence-electron chi connectivity index (χ4n) is 1.91. The van der Waals surface area contributed by atoms with Crippen LogP contribution in [-0.2, 0) is 0 Å². The van der Waals surface area contributed by atoms with Gasteiger partial charge in [-0.05, 0) is 39.0 Å². The average molecular weight is 241 g/mol. The third-order valence-electron chi connectivity index (χ3n) is 2.55. The van der Waals surface area contributed by atoms with E-state index >= 15 is 0 Å². The second-order valence-electron chi connectivity index (χ2n) is 4.18. The monoisotopic (exact) mass is 240 g/mol. The summed E-state index contributed by atoms with van der Waals surface area (Å²) in [4.78, 5) is 4.44. The lowest BCUT2D eigenvalue weighted by Gasteiger charge is -2.13. The Hall–Kier alpha value is -1.09. The van der Waals surface area contributed by atoms with Crippen LogP contribution in [0.1, 0.15) is 38.0 Å². The minimum Gasteiger partial charge on any atom is -0.324 e. The van der Waals surface area contributed by atoms with Crippen LogP contribution in [0.2, 0.25) is 0 Å². The molecule has 1 unspecified atom stereocenters. The number of fused-ring (bicyclic) bond motifs is 1. The van der Waals surface area contributed by atoms with Crippen LogP contribution in [0.15, 0.2) is 18.2 Å². The van der Waals surface area contributed by atoms with E-state index in [-0.39, 0.29) is 17.2 Å². The van der Waals surface area contributed by atoms with Gasteiger partial charge in [-0.15, -0.1) is 11.6 Å². The van der Waals surface area contributed by atoms with Crippen LogP contribution in [0.3, 0.4) is 0 Å². The molecular formula is C12H14ClFN2.